The highest BCUT2D eigenvalue weighted by Gasteiger charge is 2.44. The fourth-order valence-electron chi connectivity index (χ4n) is 6.82. The van der Waals surface area contributed by atoms with Gasteiger partial charge in [0.2, 0.25) is 11.8 Å². The van der Waals surface area contributed by atoms with Gasteiger partial charge in [-0.05, 0) is 67.8 Å². The number of benzene rings is 2. The molecule has 12 heteroatoms. The summed E-state index contributed by atoms with van der Waals surface area (Å²) in [7, 11) is 1.86. The van der Waals surface area contributed by atoms with Gasteiger partial charge in [0.25, 0.3) is 0 Å². The van der Waals surface area contributed by atoms with Crippen molar-refractivity contribution in [3.8, 4) is 28.5 Å². The largest absolute Gasteiger partial charge is 0.475 e. The first-order chi connectivity index (χ1) is 24.2. The van der Waals surface area contributed by atoms with Crippen LogP contribution in [0.15, 0.2) is 73.2 Å². The van der Waals surface area contributed by atoms with Gasteiger partial charge in [-0.3, -0.25) is 24.3 Å². The molecule has 7 rings (SSSR count). The quantitative estimate of drug-likeness (QED) is 0.193. The Bertz CT molecular complexity index is 2040. The highest BCUT2D eigenvalue weighted by atomic mass is 32.2. The first kappa shape index (κ1) is 33.7. The number of Topliss-reactive ketones (excluding diaryl/α,β-unsaturated/α-hetero) is 1. The summed E-state index contributed by atoms with van der Waals surface area (Å²) in [4.78, 5) is 40.2. The molecule has 5 aromatic rings. The number of aryl methyl sites for hydroxylation is 1. The lowest BCUT2D eigenvalue weighted by molar-refractivity contribution is -0.132. The van der Waals surface area contributed by atoms with Crippen LogP contribution in [0.25, 0.3) is 39.1 Å². The van der Waals surface area contributed by atoms with Gasteiger partial charge in [0.15, 0.2) is 11.6 Å². The van der Waals surface area contributed by atoms with Gasteiger partial charge in [0, 0.05) is 68.4 Å². The predicted octanol–water partition coefficient (Wildman–Crippen LogP) is 5.44. The molecule has 0 bridgehead atoms. The maximum atomic E-state index is 13.9. The minimum Gasteiger partial charge on any atom is -0.475 e. The number of fused-ring (bicyclic) bond motifs is 1. The summed E-state index contributed by atoms with van der Waals surface area (Å²) in [6.45, 7) is 6.82. The van der Waals surface area contributed by atoms with Crippen LogP contribution < -0.4 is 4.74 Å². The van der Waals surface area contributed by atoms with Crippen molar-refractivity contribution in [1.82, 2.24) is 39.7 Å². The van der Waals surface area contributed by atoms with Crippen LogP contribution in [0.4, 0.5) is 0 Å². The van der Waals surface area contributed by atoms with Crippen molar-refractivity contribution in [2.45, 2.75) is 44.0 Å². The number of carbonyl (C=O) groups is 2. The van der Waals surface area contributed by atoms with E-state index in [2.05, 4.69) is 54.4 Å². The van der Waals surface area contributed by atoms with Crippen LogP contribution in [0.3, 0.4) is 0 Å². The van der Waals surface area contributed by atoms with Gasteiger partial charge in [-0.2, -0.15) is 10.2 Å². The average molecular weight is 691 g/mol. The number of H-pyrrole nitrogens is 1. The number of ether oxygens (including phenoxy) is 1. The fourth-order valence-corrected chi connectivity index (χ4v) is 7.73. The van der Waals surface area contributed by atoms with Crippen LogP contribution >= 0.6 is 11.8 Å². The SMILES string of the molecule is CS[C@@]1(C(=O)Cc2ccc3[nH]nc(-c4ccc(OC(C)C)nc4)c3c2)CCN(CC(=O)N2CC=C(c3ccc(-c4ncn(C)n4)cc3)CC2)C1. The van der Waals surface area contributed by atoms with E-state index < -0.39 is 4.75 Å². The van der Waals surface area contributed by atoms with Gasteiger partial charge >= 0.3 is 0 Å². The maximum Gasteiger partial charge on any atom is 0.237 e. The highest BCUT2D eigenvalue weighted by molar-refractivity contribution is 8.00. The molecule has 0 radical (unpaired) electrons. The molecule has 0 saturated carbocycles. The normalized spacial score (nSPS) is 18.2. The Morgan fingerprint density at radius 1 is 1.02 bits per heavy atom. The van der Waals surface area contributed by atoms with Crippen molar-refractivity contribution in [3.05, 3.63) is 84.3 Å². The Kier molecular flexibility index (Phi) is 9.56. The van der Waals surface area contributed by atoms with E-state index in [1.165, 1.54) is 5.57 Å². The first-order valence-electron chi connectivity index (χ1n) is 17.0. The molecule has 258 valence electrons. The standard InChI is InChI=1S/C38H42N8O3S/c1-25(2)49-34-12-10-30(21-39-34)36-31-19-26(5-11-32(31)41-42-36)20-33(47)38(50-4)15-18-45(23-38)22-35(48)46-16-13-28(14-17-46)27-6-8-29(9-7-27)37-40-24-44(3)43-37/h5-13,19,21,24-25H,14-18,20,22-23H2,1-4H3,(H,41,42)/t38-/m0/s1. The second-order valence-corrected chi connectivity index (χ2v) is 14.6. The third-order valence-electron chi connectivity index (χ3n) is 9.60. The van der Waals surface area contributed by atoms with Gasteiger partial charge in [-0.15, -0.1) is 11.8 Å². The number of aromatic amines is 1. The van der Waals surface area contributed by atoms with E-state index >= 15 is 0 Å². The number of hydrogen-bond donors (Lipinski definition) is 1. The Labute approximate surface area is 296 Å². The molecular weight excluding hydrogens is 649 g/mol. The molecule has 50 heavy (non-hydrogen) atoms. The number of hydrogen-bond acceptors (Lipinski definition) is 9. The van der Waals surface area contributed by atoms with Gasteiger partial charge in [-0.1, -0.05) is 36.4 Å². The lowest BCUT2D eigenvalue weighted by Gasteiger charge is -2.29. The summed E-state index contributed by atoms with van der Waals surface area (Å²) >= 11 is 1.61. The zero-order chi connectivity index (χ0) is 34.8. The predicted molar refractivity (Wildman–Crippen MR) is 197 cm³/mol. The molecule has 2 aliphatic heterocycles. The first-order valence-corrected chi connectivity index (χ1v) is 18.3. The Hall–Kier alpha value is -4.81. The van der Waals surface area contributed by atoms with Crippen molar-refractivity contribution in [2.75, 3.05) is 39.0 Å². The molecule has 0 spiro atoms. The van der Waals surface area contributed by atoms with Gasteiger partial charge < -0.3 is 9.64 Å². The monoisotopic (exact) mass is 690 g/mol. The summed E-state index contributed by atoms with van der Waals surface area (Å²) in [6, 6.07) is 18.1. The molecule has 1 saturated heterocycles. The molecular formula is C38H42N8O3S. The average Bonchev–Trinajstić information content (AvgIpc) is 3.87. The lowest BCUT2D eigenvalue weighted by Crippen LogP contribution is -2.44. The molecule has 2 aromatic carbocycles. The number of pyridine rings is 1. The zero-order valence-electron chi connectivity index (χ0n) is 28.9. The number of aromatic nitrogens is 6. The number of likely N-dealkylation sites (tertiary alicyclic amines) is 1. The smallest absolute Gasteiger partial charge is 0.237 e. The third kappa shape index (κ3) is 7.08. The molecule has 3 aromatic heterocycles. The van der Waals surface area contributed by atoms with Gasteiger partial charge in [0.1, 0.15) is 12.0 Å². The fraction of sp³-hybridized carbons (Fsp3) is 0.368. The number of ketones is 1. The Morgan fingerprint density at radius 3 is 2.50 bits per heavy atom. The van der Waals surface area contributed by atoms with E-state index in [9.17, 15) is 9.59 Å². The number of thioether (sulfide) groups is 1. The molecule has 0 aliphatic carbocycles. The van der Waals surface area contributed by atoms with Crippen LogP contribution in [0.1, 0.15) is 37.8 Å². The molecule has 0 unspecified atom stereocenters. The summed E-state index contributed by atoms with van der Waals surface area (Å²) < 4.78 is 6.84. The number of rotatable bonds is 11. The second kappa shape index (κ2) is 14.2. The Morgan fingerprint density at radius 2 is 1.82 bits per heavy atom. The second-order valence-electron chi connectivity index (χ2n) is 13.4. The number of carbonyl (C=O) groups excluding carboxylic acids is 2. The summed E-state index contributed by atoms with van der Waals surface area (Å²) in [5.74, 6) is 1.58. The van der Waals surface area contributed by atoms with E-state index in [4.69, 9.17) is 4.74 Å². The van der Waals surface area contributed by atoms with Crippen LogP contribution in [0.5, 0.6) is 5.88 Å². The minimum atomic E-state index is -0.545. The lowest BCUT2D eigenvalue weighted by atomic mass is 9.95. The number of amides is 1. The summed E-state index contributed by atoms with van der Waals surface area (Å²) in [6.07, 6.45) is 9.53. The minimum absolute atomic E-state index is 0.0462. The van der Waals surface area contributed by atoms with Crippen LogP contribution in [-0.2, 0) is 23.1 Å². The zero-order valence-corrected chi connectivity index (χ0v) is 29.7. The van der Waals surface area contributed by atoms with Crippen molar-refractivity contribution in [1.29, 1.82) is 0 Å². The molecule has 2 aliphatic rings. The van der Waals surface area contributed by atoms with E-state index in [-0.39, 0.29) is 17.8 Å². The maximum absolute atomic E-state index is 13.9. The third-order valence-corrected chi connectivity index (χ3v) is 10.9. The molecule has 5 heterocycles. The van der Waals surface area contributed by atoms with Gasteiger partial charge in [-0.25, -0.2) is 9.97 Å². The summed E-state index contributed by atoms with van der Waals surface area (Å²) in [5, 5.41) is 13.0. The van der Waals surface area contributed by atoms with Crippen molar-refractivity contribution < 1.29 is 14.3 Å². The summed E-state index contributed by atoms with van der Waals surface area (Å²) in [5.41, 5.74) is 6.90. The van der Waals surface area contributed by atoms with E-state index in [0.29, 0.717) is 44.3 Å². The molecule has 11 nitrogen and oxygen atoms in total. The van der Waals surface area contributed by atoms with Crippen LogP contribution in [0.2, 0.25) is 0 Å². The van der Waals surface area contributed by atoms with Crippen LogP contribution in [-0.4, -0.2) is 101 Å². The topological polar surface area (TPSA) is 122 Å². The van der Waals surface area contributed by atoms with Gasteiger partial charge in [0.05, 0.1) is 22.9 Å². The van der Waals surface area contributed by atoms with Crippen LogP contribution in [0, 0.1) is 0 Å². The Balaban J connectivity index is 0.955. The number of nitrogens with one attached hydrogen (secondary N) is 1. The van der Waals surface area contributed by atoms with E-state index in [1.807, 2.05) is 68.4 Å². The molecule has 1 amide bonds. The van der Waals surface area contributed by atoms with Crippen molar-refractivity contribution in [3.63, 3.8) is 0 Å². The van der Waals surface area contributed by atoms with Crippen molar-refractivity contribution in [2.24, 2.45) is 7.05 Å². The molecule has 1 fully saturated rings. The highest BCUT2D eigenvalue weighted by Crippen LogP contribution is 2.36. The molecule has 1 N–H and O–H groups in total. The van der Waals surface area contributed by atoms with Crippen molar-refractivity contribution >= 4 is 39.9 Å². The molecule has 1 atom stereocenters. The van der Waals surface area contributed by atoms with E-state index in [0.717, 1.165) is 58.2 Å². The van der Waals surface area contributed by atoms with E-state index in [1.54, 1.807) is 29.0 Å². The number of nitrogens with zero attached hydrogens (tertiary/aromatic N) is 7.